The first-order valence-electron chi connectivity index (χ1n) is 6.70. The molecule has 0 aliphatic carbocycles. The number of piperidine rings is 1. The van der Waals surface area contributed by atoms with Crippen LogP contribution in [0.15, 0.2) is 18.2 Å². The van der Waals surface area contributed by atoms with Gasteiger partial charge in [-0.2, -0.15) is 0 Å². The van der Waals surface area contributed by atoms with Crippen LogP contribution < -0.4 is 10.6 Å². The maximum atomic E-state index is 7.76. The highest BCUT2D eigenvalue weighted by atomic mass is 16.5. The Kier molecular flexibility index (Phi) is 3.80. The average Bonchev–Trinajstić information content (AvgIpc) is 2.38. The second-order valence-corrected chi connectivity index (χ2v) is 5.61. The molecule has 0 amide bonds. The van der Waals surface area contributed by atoms with Crippen molar-refractivity contribution in [2.24, 2.45) is 5.73 Å². The maximum absolute atomic E-state index is 7.76. The Hall–Kier alpha value is -1.55. The van der Waals surface area contributed by atoms with E-state index in [4.69, 9.17) is 15.9 Å². The summed E-state index contributed by atoms with van der Waals surface area (Å²) in [6, 6.07) is 6.12. The lowest BCUT2D eigenvalue weighted by Crippen LogP contribution is -2.48. The first kappa shape index (κ1) is 13.9. The van der Waals surface area contributed by atoms with E-state index in [0.717, 1.165) is 42.7 Å². The van der Waals surface area contributed by atoms with Crippen LogP contribution in [0.25, 0.3) is 0 Å². The Bertz CT molecular complexity index is 486. The molecule has 19 heavy (non-hydrogen) atoms. The molecule has 2 rings (SSSR count). The summed E-state index contributed by atoms with van der Waals surface area (Å²) in [4.78, 5) is 2.28. The maximum Gasteiger partial charge on any atom is 0.124 e. The lowest BCUT2D eigenvalue weighted by molar-refractivity contribution is -0.00465. The summed E-state index contributed by atoms with van der Waals surface area (Å²) in [7, 11) is 1.77. The second kappa shape index (κ2) is 5.21. The number of nitrogens with two attached hydrogens (primary N) is 1. The van der Waals surface area contributed by atoms with Gasteiger partial charge in [0.05, 0.1) is 5.60 Å². The molecule has 0 aromatic heterocycles. The monoisotopic (exact) mass is 261 g/mol. The van der Waals surface area contributed by atoms with Gasteiger partial charge < -0.3 is 15.4 Å². The average molecular weight is 261 g/mol. The zero-order valence-corrected chi connectivity index (χ0v) is 12.0. The number of ether oxygens (including phenoxy) is 1. The fourth-order valence-electron chi connectivity index (χ4n) is 2.72. The number of amidine groups is 1. The van der Waals surface area contributed by atoms with E-state index in [-0.39, 0.29) is 11.4 Å². The topological polar surface area (TPSA) is 62.3 Å². The summed E-state index contributed by atoms with van der Waals surface area (Å²) < 4.78 is 5.63. The molecule has 1 aromatic carbocycles. The molecule has 1 unspecified atom stereocenters. The predicted octanol–water partition coefficient (Wildman–Crippen LogP) is 2.28. The van der Waals surface area contributed by atoms with Crippen molar-refractivity contribution in [1.82, 2.24) is 0 Å². The van der Waals surface area contributed by atoms with Crippen molar-refractivity contribution in [3.8, 4) is 0 Å². The second-order valence-electron chi connectivity index (χ2n) is 5.61. The van der Waals surface area contributed by atoms with Gasteiger partial charge in [0.15, 0.2) is 0 Å². The molecule has 3 N–H and O–H groups in total. The largest absolute Gasteiger partial charge is 0.384 e. The van der Waals surface area contributed by atoms with E-state index in [1.807, 2.05) is 13.0 Å². The van der Waals surface area contributed by atoms with Gasteiger partial charge in [0.1, 0.15) is 5.84 Å². The Morgan fingerprint density at radius 3 is 2.84 bits per heavy atom. The van der Waals surface area contributed by atoms with Crippen molar-refractivity contribution in [2.75, 3.05) is 25.1 Å². The molecule has 0 saturated carbocycles. The highest BCUT2D eigenvalue weighted by Gasteiger charge is 2.31. The first-order chi connectivity index (χ1) is 8.95. The minimum atomic E-state index is -0.114. The molecule has 1 aliphatic rings. The first-order valence-corrected chi connectivity index (χ1v) is 6.70. The smallest absolute Gasteiger partial charge is 0.124 e. The summed E-state index contributed by atoms with van der Waals surface area (Å²) in [5.74, 6) is 0.128. The highest BCUT2D eigenvalue weighted by molar-refractivity contribution is 6.00. The van der Waals surface area contributed by atoms with E-state index in [9.17, 15) is 0 Å². The van der Waals surface area contributed by atoms with Crippen molar-refractivity contribution in [2.45, 2.75) is 32.3 Å². The number of nitrogens with zero attached hydrogens (tertiary/aromatic N) is 1. The Labute approximate surface area is 115 Å². The van der Waals surface area contributed by atoms with E-state index in [1.165, 1.54) is 0 Å². The molecule has 1 aromatic rings. The van der Waals surface area contributed by atoms with Gasteiger partial charge in [-0.05, 0) is 38.8 Å². The number of hydrogen-bond donors (Lipinski definition) is 2. The predicted molar refractivity (Wildman–Crippen MR) is 79.1 cm³/mol. The van der Waals surface area contributed by atoms with Gasteiger partial charge in [-0.15, -0.1) is 0 Å². The van der Waals surface area contributed by atoms with Crippen molar-refractivity contribution in [1.29, 1.82) is 5.41 Å². The fourth-order valence-corrected chi connectivity index (χ4v) is 2.72. The van der Waals surface area contributed by atoms with Crippen molar-refractivity contribution < 1.29 is 4.74 Å². The van der Waals surface area contributed by atoms with E-state index in [1.54, 1.807) is 7.11 Å². The summed E-state index contributed by atoms with van der Waals surface area (Å²) in [5, 5.41) is 7.76. The van der Waals surface area contributed by atoms with Gasteiger partial charge in [0, 0.05) is 31.5 Å². The third-order valence-corrected chi connectivity index (χ3v) is 3.93. The molecular weight excluding hydrogens is 238 g/mol. The molecule has 4 nitrogen and oxygen atoms in total. The van der Waals surface area contributed by atoms with Crippen molar-refractivity contribution in [3.05, 3.63) is 29.3 Å². The van der Waals surface area contributed by atoms with Crippen LogP contribution in [0, 0.1) is 12.3 Å². The Morgan fingerprint density at radius 1 is 1.47 bits per heavy atom. The SMILES string of the molecule is COC1(C)CCCN(c2ccc(C)cc2C(=N)N)C1. The molecule has 1 atom stereocenters. The van der Waals surface area contributed by atoms with Crippen LogP contribution in [0.5, 0.6) is 0 Å². The van der Waals surface area contributed by atoms with Gasteiger partial charge in [-0.1, -0.05) is 11.6 Å². The molecule has 0 spiro atoms. The molecule has 1 saturated heterocycles. The fraction of sp³-hybridized carbons (Fsp3) is 0.533. The Balaban J connectivity index is 2.33. The molecule has 1 heterocycles. The minimum absolute atomic E-state index is 0.114. The number of rotatable bonds is 3. The number of nitrogens with one attached hydrogen (secondary N) is 1. The standard InChI is InChI=1S/C15H23N3O/c1-11-5-6-13(12(9-11)14(16)17)18-8-4-7-15(2,10-18)19-3/h5-6,9H,4,7-8,10H2,1-3H3,(H3,16,17). The van der Waals surface area contributed by atoms with Gasteiger partial charge in [0.25, 0.3) is 0 Å². The van der Waals surface area contributed by atoms with Crippen molar-refractivity contribution in [3.63, 3.8) is 0 Å². The molecule has 4 heteroatoms. The van der Waals surface area contributed by atoms with Crippen LogP contribution in [0.3, 0.4) is 0 Å². The van der Waals surface area contributed by atoms with E-state index < -0.39 is 0 Å². The van der Waals surface area contributed by atoms with E-state index in [2.05, 4.69) is 24.0 Å². The lowest BCUT2D eigenvalue weighted by atomic mass is 9.93. The number of hydrogen-bond acceptors (Lipinski definition) is 3. The summed E-state index contributed by atoms with van der Waals surface area (Å²) in [6.45, 7) is 5.99. The molecule has 1 fully saturated rings. The zero-order valence-electron chi connectivity index (χ0n) is 12.0. The molecule has 0 bridgehead atoms. The van der Waals surface area contributed by atoms with Gasteiger partial charge in [-0.25, -0.2) is 0 Å². The normalized spacial score (nSPS) is 23.4. The van der Waals surface area contributed by atoms with Crippen LogP contribution in [0.2, 0.25) is 0 Å². The Morgan fingerprint density at radius 2 is 2.21 bits per heavy atom. The summed E-state index contributed by atoms with van der Waals surface area (Å²) in [5.41, 5.74) is 8.59. The molecular formula is C15H23N3O. The van der Waals surface area contributed by atoms with E-state index >= 15 is 0 Å². The van der Waals surface area contributed by atoms with Crippen LogP contribution in [0.4, 0.5) is 5.69 Å². The summed E-state index contributed by atoms with van der Waals surface area (Å²) >= 11 is 0. The third-order valence-electron chi connectivity index (χ3n) is 3.93. The van der Waals surface area contributed by atoms with E-state index in [0.29, 0.717) is 0 Å². The number of methoxy groups -OCH3 is 1. The number of benzene rings is 1. The highest BCUT2D eigenvalue weighted by Crippen LogP contribution is 2.30. The zero-order chi connectivity index (χ0) is 14.0. The van der Waals surface area contributed by atoms with Crippen LogP contribution >= 0.6 is 0 Å². The minimum Gasteiger partial charge on any atom is -0.384 e. The van der Waals surface area contributed by atoms with Crippen LogP contribution in [-0.4, -0.2) is 31.6 Å². The molecule has 1 aliphatic heterocycles. The third kappa shape index (κ3) is 2.89. The number of aryl methyl sites for hydroxylation is 1. The molecule has 0 radical (unpaired) electrons. The van der Waals surface area contributed by atoms with Gasteiger partial charge in [0.2, 0.25) is 0 Å². The molecule has 104 valence electrons. The number of nitrogen functional groups attached to an aromatic ring is 1. The van der Waals surface area contributed by atoms with Crippen molar-refractivity contribution >= 4 is 11.5 Å². The summed E-state index contributed by atoms with van der Waals surface area (Å²) in [6.07, 6.45) is 2.16. The quantitative estimate of drug-likeness (QED) is 0.648. The van der Waals surface area contributed by atoms with Crippen LogP contribution in [-0.2, 0) is 4.74 Å². The number of anilines is 1. The lowest BCUT2D eigenvalue weighted by Gasteiger charge is -2.41. The van der Waals surface area contributed by atoms with Gasteiger partial charge >= 0.3 is 0 Å². The van der Waals surface area contributed by atoms with Crippen LogP contribution in [0.1, 0.15) is 30.9 Å². The van der Waals surface area contributed by atoms with Gasteiger partial charge in [-0.3, -0.25) is 5.41 Å².